The molecule has 1 N–H and O–H groups in total. The predicted molar refractivity (Wildman–Crippen MR) is 64.4 cm³/mol. The van der Waals surface area contributed by atoms with Crippen molar-refractivity contribution in [1.82, 2.24) is 9.78 Å². The van der Waals surface area contributed by atoms with Gasteiger partial charge in [-0.3, -0.25) is 5.10 Å². The van der Waals surface area contributed by atoms with Crippen LogP contribution < -0.4 is 0 Å². The normalized spacial score (nSPS) is 10.4. The SMILES string of the molecule is Cc1ccc(-n2[nH]c(=S)sc2=S)cc1. The van der Waals surface area contributed by atoms with E-state index in [4.69, 9.17) is 24.4 Å². The summed E-state index contributed by atoms with van der Waals surface area (Å²) >= 11 is 11.6. The molecule has 72 valence electrons. The molecule has 0 aliphatic rings. The molecule has 0 amide bonds. The third-order valence-electron chi connectivity index (χ3n) is 1.86. The van der Waals surface area contributed by atoms with Gasteiger partial charge in [-0.15, -0.1) is 0 Å². The van der Waals surface area contributed by atoms with Crippen molar-refractivity contribution in [2.24, 2.45) is 0 Å². The van der Waals surface area contributed by atoms with Gasteiger partial charge in [0, 0.05) is 0 Å². The quantitative estimate of drug-likeness (QED) is 0.768. The predicted octanol–water partition coefficient (Wildman–Crippen LogP) is 3.63. The molecule has 5 heteroatoms. The van der Waals surface area contributed by atoms with E-state index in [2.05, 4.69) is 12.0 Å². The van der Waals surface area contributed by atoms with Crippen molar-refractivity contribution < 1.29 is 0 Å². The van der Waals surface area contributed by atoms with Crippen LogP contribution >= 0.6 is 35.8 Å². The summed E-state index contributed by atoms with van der Waals surface area (Å²) in [6, 6.07) is 8.13. The number of aromatic nitrogens is 2. The molecule has 2 rings (SSSR count). The Morgan fingerprint density at radius 2 is 1.86 bits per heavy atom. The minimum Gasteiger partial charge on any atom is -0.273 e. The van der Waals surface area contributed by atoms with E-state index in [9.17, 15) is 0 Å². The maximum atomic E-state index is 5.17. The van der Waals surface area contributed by atoms with E-state index >= 15 is 0 Å². The second kappa shape index (κ2) is 3.76. The molecule has 0 aliphatic heterocycles. The highest BCUT2D eigenvalue weighted by Gasteiger charge is 1.98. The van der Waals surface area contributed by atoms with E-state index in [1.54, 1.807) is 0 Å². The first-order valence-corrected chi connectivity index (χ1v) is 5.69. The molecule has 0 saturated heterocycles. The van der Waals surface area contributed by atoms with Gasteiger partial charge in [-0.05, 0) is 43.5 Å². The van der Waals surface area contributed by atoms with Gasteiger partial charge in [0.25, 0.3) is 0 Å². The van der Waals surface area contributed by atoms with Crippen molar-refractivity contribution in [3.63, 3.8) is 0 Å². The van der Waals surface area contributed by atoms with Crippen molar-refractivity contribution >= 4 is 35.8 Å². The number of aryl methyl sites for hydroxylation is 1. The molecule has 0 unspecified atom stereocenters. The van der Waals surface area contributed by atoms with Gasteiger partial charge in [0.15, 0.2) is 7.91 Å². The van der Waals surface area contributed by atoms with Crippen molar-refractivity contribution in [3.05, 3.63) is 37.7 Å². The second-order valence-electron chi connectivity index (χ2n) is 2.94. The molecular formula is C9H8N2S3. The monoisotopic (exact) mass is 240 g/mol. The van der Waals surface area contributed by atoms with E-state index < -0.39 is 0 Å². The number of rotatable bonds is 1. The third-order valence-corrected chi connectivity index (χ3v) is 3.27. The van der Waals surface area contributed by atoms with E-state index in [0.717, 1.165) is 9.64 Å². The Kier molecular flexibility index (Phi) is 2.62. The minimum atomic E-state index is 0.704. The lowest BCUT2D eigenvalue weighted by Gasteiger charge is -2.01. The summed E-state index contributed by atoms with van der Waals surface area (Å²) in [5.74, 6) is 0. The van der Waals surface area contributed by atoms with Crippen LogP contribution in [0.15, 0.2) is 24.3 Å². The molecule has 14 heavy (non-hydrogen) atoms. The molecule has 2 nitrogen and oxygen atoms in total. The van der Waals surface area contributed by atoms with E-state index in [0.29, 0.717) is 3.95 Å². The molecule has 0 aliphatic carbocycles. The highest BCUT2D eigenvalue weighted by atomic mass is 32.2. The van der Waals surface area contributed by atoms with Gasteiger partial charge in [-0.25, -0.2) is 4.68 Å². The van der Waals surface area contributed by atoms with Gasteiger partial charge in [-0.1, -0.05) is 29.0 Å². The van der Waals surface area contributed by atoms with Crippen LogP contribution in [0.25, 0.3) is 5.69 Å². The first kappa shape index (κ1) is 9.76. The van der Waals surface area contributed by atoms with Crippen molar-refractivity contribution in [1.29, 1.82) is 0 Å². The molecule has 0 spiro atoms. The van der Waals surface area contributed by atoms with Crippen molar-refractivity contribution in [2.45, 2.75) is 6.92 Å². The van der Waals surface area contributed by atoms with Gasteiger partial charge < -0.3 is 0 Å². The molecule has 0 fully saturated rings. The fourth-order valence-corrected chi connectivity index (χ4v) is 2.57. The topological polar surface area (TPSA) is 20.7 Å². The van der Waals surface area contributed by atoms with Gasteiger partial charge in [-0.2, -0.15) is 0 Å². The fraction of sp³-hybridized carbons (Fsp3) is 0.111. The zero-order valence-corrected chi connectivity index (χ0v) is 9.93. The lowest BCUT2D eigenvalue weighted by Crippen LogP contribution is -1.95. The van der Waals surface area contributed by atoms with Gasteiger partial charge in [0.2, 0.25) is 0 Å². The zero-order chi connectivity index (χ0) is 10.1. The van der Waals surface area contributed by atoms with Crippen LogP contribution in [0.5, 0.6) is 0 Å². The molecular weight excluding hydrogens is 232 g/mol. The first-order chi connectivity index (χ1) is 6.66. The largest absolute Gasteiger partial charge is 0.273 e. The Morgan fingerprint density at radius 3 is 2.36 bits per heavy atom. The van der Waals surface area contributed by atoms with Crippen molar-refractivity contribution in [3.8, 4) is 5.69 Å². The molecule has 1 heterocycles. The molecule has 2 aromatic rings. The van der Waals surface area contributed by atoms with E-state index in [1.165, 1.54) is 16.9 Å². The van der Waals surface area contributed by atoms with Crippen LogP contribution in [0.2, 0.25) is 0 Å². The lowest BCUT2D eigenvalue weighted by molar-refractivity contribution is 0.864. The third kappa shape index (κ3) is 1.84. The second-order valence-corrected chi connectivity index (χ2v) is 5.25. The number of aromatic amines is 1. The van der Waals surface area contributed by atoms with Crippen LogP contribution in [0, 0.1) is 14.8 Å². The zero-order valence-electron chi connectivity index (χ0n) is 7.48. The van der Waals surface area contributed by atoms with Crippen LogP contribution in [0.1, 0.15) is 5.56 Å². The number of nitrogens with zero attached hydrogens (tertiary/aromatic N) is 1. The molecule has 0 saturated carbocycles. The molecule has 0 atom stereocenters. The summed E-state index contributed by atoms with van der Waals surface area (Å²) in [5.41, 5.74) is 2.25. The van der Waals surface area contributed by atoms with E-state index in [1.807, 2.05) is 28.9 Å². The maximum Gasteiger partial charge on any atom is 0.183 e. The van der Waals surface area contributed by atoms with Gasteiger partial charge in [0.05, 0.1) is 5.69 Å². The number of H-pyrrole nitrogens is 1. The summed E-state index contributed by atoms with van der Waals surface area (Å²) in [6.45, 7) is 2.05. The molecule has 1 aromatic carbocycles. The summed E-state index contributed by atoms with van der Waals surface area (Å²) in [6.07, 6.45) is 0. The summed E-state index contributed by atoms with van der Waals surface area (Å²) in [5, 5.41) is 3.03. The Hall–Kier alpha value is -0.780. The number of hydrogen-bond acceptors (Lipinski definition) is 3. The van der Waals surface area contributed by atoms with Crippen LogP contribution in [0.3, 0.4) is 0 Å². The molecule has 0 radical (unpaired) electrons. The highest BCUT2D eigenvalue weighted by Crippen LogP contribution is 2.12. The molecule has 0 bridgehead atoms. The first-order valence-electron chi connectivity index (χ1n) is 4.06. The highest BCUT2D eigenvalue weighted by molar-refractivity contribution is 7.75. The number of benzene rings is 1. The Bertz CT molecular complexity index is 544. The average Bonchev–Trinajstić information content (AvgIpc) is 2.47. The molecule has 1 aromatic heterocycles. The Labute approximate surface area is 95.8 Å². The standard InChI is InChI=1S/C9H8N2S3/c1-6-2-4-7(5-3-6)11-9(13)14-8(12)10-11/h2-5H,1H3,(H,10,12). The van der Waals surface area contributed by atoms with Crippen molar-refractivity contribution in [2.75, 3.05) is 0 Å². The maximum absolute atomic E-state index is 5.17. The lowest BCUT2D eigenvalue weighted by atomic mass is 10.2. The minimum absolute atomic E-state index is 0.704. The average molecular weight is 240 g/mol. The van der Waals surface area contributed by atoms with E-state index in [-0.39, 0.29) is 0 Å². The van der Waals surface area contributed by atoms with Crippen LogP contribution in [-0.2, 0) is 0 Å². The summed E-state index contributed by atoms with van der Waals surface area (Å²) < 4.78 is 3.27. The summed E-state index contributed by atoms with van der Waals surface area (Å²) in [7, 11) is 0. The van der Waals surface area contributed by atoms with Crippen LogP contribution in [-0.4, -0.2) is 9.78 Å². The fourth-order valence-electron chi connectivity index (χ4n) is 1.15. The Balaban J connectivity index is 2.60. The number of hydrogen-bond donors (Lipinski definition) is 1. The van der Waals surface area contributed by atoms with Gasteiger partial charge in [0.1, 0.15) is 0 Å². The van der Waals surface area contributed by atoms with Crippen LogP contribution in [0.4, 0.5) is 0 Å². The van der Waals surface area contributed by atoms with Gasteiger partial charge >= 0.3 is 0 Å². The number of nitrogens with one attached hydrogen (secondary N) is 1. The Morgan fingerprint density at radius 1 is 1.21 bits per heavy atom. The summed E-state index contributed by atoms with van der Waals surface area (Å²) in [4.78, 5) is 0. The smallest absolute Gasteiger partial charge is 0.183 e.